The maximum atomic E-state index is 12.6. The monoisotopic (exact) mass is 335 g/mol. The van der Waals surface area contributed by atoms with Crippen molar-refractivity contribution in [3.05, 3.63) is 11.7 Å². The normalized spacial score (nSPS) is 24.5. The molecule has 134 valence electrons. The van der Waals surface area contributed by atoms with E-state index in [4.69, 9.17) is 10.3 Å². The van der Waals surface area contributed by atoms with Gasteiger partial charge in [-0.05, 0) is 31.6 Å². The fraction of sp³-hybridized carbons (Fsp3) is 0.824. The standard InChI is InChI=1S/C17H29N5O2/c1-3-16-19-15(20-24-16)11-21(2)17(23)8-13-6-7-14(9-18)22(13)10-12-4-5-12/h12-14H,3-11,18H2,1-2H3/t13-,14+/m0/s1. The second-order valence-electron chi connectivity index (χ2n) is 7.17. The number of nitrogens with two attached hydrogens (primary N) is 1. The van der Waals surface area contributed by atoms with Crippen molar-refractivity contribution in [1.82, 2.24) is 19.9 Å². The molecule has 2 N–H and O–H groups in total. The number of carbonyl (C=O) groups excluding carboxylic acids is 1. The van der Waals surface area contributed by atoms with Gasteiger partial charge in [-0.2, -0.15) is 4.98 Å². The van der Waals surface area contributed by atoms with Gasteiger partial charge < -0.3 is 15.2 Å². The molecule has 1 saturated carbocycles. The topological polar surface area (TPSA) is 88.5 Å². The number of nitrogens with zero attached hydrogens (tertiary/aromatic N) is 4. The summed E-state index contributed by atoms with van der Waals surface area (Å²) in [6.07, 6.45) is 6.09. The Balaban J connectivity index is 1.54. The van der Waals surface area contributed by atoms with Gasteiger partial charge in [-0.25, -0.2) is 0 Å². The summed E-state index contributed by atoms with van der Waals surface area (Å²) in [7, 11) is 1.81. The van der Waals surface area contributed by atoms with Gasteiger partial charge in [-0.3, -0.25) is 9.69 Å². The Morgan fingerprint density at radius 2 is 2.08 bits per heavy atom. The van der Waals surface area contributed by atoms with Crippen molar-refractivity contribution in [2.24, 2.45) is 11.7 Å². The van der Waals surface area contributed by atoms with Crippen LogP contribution >= 0.6 is 0 Å². The van der Waals surface area contributed by atoms with Gasteiger partial charge in [0, 0.05) is 45.1 Å². The zero-order chi connectivity index (χ0) is 17.1. The molecular weight excluding hydrogens is 306 g/mol. The third-order valence-electron chi connectivity index (χ3n) is 5.24. The van der Waals surface area contributed by atoms with Gasteiger partial charge in [0.1, 0.15) is 0 Å². The molecular formula is C17H29N5O2. The van der Waals surface area contributed by atoms with E-state index in [1.807, 2.05) is 14.0 Å². The van der Waals surface area contributed by atoms with Gasteiger partial charge in [-0.15, -0.1) is 0 Å². The maximum Gasteiger partial charge on any atom is 0.226 e. The number of likely N-dealkylation sites (tertiary alicyclic amines) is 1. The quantitative estimate of drug-likeness (QED) is 0.767. The number of aromatic nitrogens is 2. The van der Waals surface area contributed by atoms with Gasteiger partial charge in [0.2, 0.25) is 11.8 Å². The molecule has 1 saturated heterocycles. The molecule has 7 heteroatoms. The van der Waals surface area contributed by atoms with Crippen molar-refractivity contribution in [3.63, 3.8) is 0 Å². The lowest BCUT2D eigenvalue weighted by Crippen LogP contribution is -2.43. The van der Waals surface area contributed by atoms with Crippen LogP contribution in [0.3, 0.4) is 0 Å². The molecule has 0 spiro atoms. The first-order valence-corrected chi connectivity index (χ1v) is 9.12. The van der Waals surface area contributed by atoms with E-state index in [0.29, 0.717) is 49.7 Å². The highest BCUT2D eigenvalue weighted by Crippen LogP contribution is 2.35. The van der Waals surface area contributed by atoms with Crippen LogP contribution in [-0.2, 0) is 17.8 Å². The summed E-state index contributed by atoms with van der Waals surface area (Å²) in [6.45, 7) is 4.16. The lowest BCUT2D eigenvalue weighted by atomic mass is 10.1. The molecule has 3 rings (SSSR count). The van der Waals surface area contributed by atoms with Crippen molar-refractivity contribution >= 4 is 5.91 Å². The summed E-state index contributed by atoms with van der Waals surface area (Å²) in [5.41, 5.74) is 5.93. The SMILES string of the molecule is CCc1nc(CN(C)C(=O)C[C@@H]2CC[C@H](CN)N2CC2CC2)no1. The molecule has 2 fully saturated rings. The predicted molar refractivity (Wildman–Crippen MR) is 90.1 cm³/mol. The average molecular weight is 335 g/mol. The molecule has 1 aromatic heterocycles. The molecule has 1 amide bonds. The van der Waals surface area contributed by atoms with Crippen LogP contribution < -0.4 is 5.73 Å². The summed E-state index contributed by atoms with van der Waals surface area (Å²) in [4.78, 5) is 21.1. The summed E-state index contributed by atoms with van der Waals surface area (Å²) in [5, 5.41) is 3.92. The Labute approximate surface area is 143 Å². The second kappa shape index (κ2) is 7.61. The highest BCUT2D eigenvalue weighted by molar-refractivity contribution is 5.76. The number of rotatable bonds is 8. The van der Waals surface area contributed by atoms with E-state index in [9.17, 15) is 4.79 Å². The van der Waals surface area contributed by atoms with Crippen molar-refractivity contribution in [3.8, 4) is 0 Å². The number of aryl methyl sites for hydroxylation is 1. The molecule has 0 radical (unpaired) electrons. The molecule has 0 aromatic carbocycles. The van der Waals surface area contributed by atoms with Crippen molar-refractivity contribution in [2.75, 3.05) is 20.1 Å². The third kappa shape index (κ3) is 4.13. The molecule has 1 aliphatic heterocycles. The molecule has 7 nitrogen and oxygen atoms in total. The molecule has 2 aliphatic rings. The zero-order valence-corrected chi connectivity index (χ0v) is 14.8. The number of hydrogen-bond acceptors (Lipinski definition) is 6. The minimum atomic E-state index is 0.140. The largest absolute Gasteiger partial charge is 0.339 e. The predicted octanol–water partition coefficient (Wildman–Crippen LogP) is 1.18. The van der Waals surface area contributed by atoms with Gasteiger partial charge in [-0.1, -0.05) is 12.1 Å². The van der Waals surface area contributed by atoms with Gasteiger partial charge in [0.25, 0.3) is 0 Å². The van der Waals surface area contributed by atoms with Crippen LogP contribution in [0.1, 0.15) is 50.7 Å². The van der Waals surface area contributed by atoms with Crippen LogP contribution in [0.4, 0.5) is 0 Å². The summed E-state index contributed by atoms with van der Waals surface area (Å²) in [6, 6.07) is 0.767. The molecule has 24 heavy (non-hydrogen) atoms. The highest BCUT2D eigenvalue weighted by atomic mass is 16.5. The summed E-state index contributed by atoms with van der Waals surface area (Å²) < 4.78 is 5.10. The van der Waals surface area contributed by atoms with Crippen molar-refractivity contribution < 1.29 is 9.32 Å². The summed E-state index contributed by atoms with van der Waals surface area (Å²) in [5.74, 6) is 2.15. The Morgan fingerprint density at radius 1 is 1.33 bits per heavy atom. The first-order valence-electron chi connectivity index (χ1n) is 9.12. The van der Waals surface area contributed by atoms with E-state index < -0.39 is 0 Å². The van der Waals surface area contributed by atoms with Crippen LogP contribution in [0.5, 0.6) is 0 Å². The summed E-state index contributed by atoms with van der Waals surface area (Å²) >= 11 is 0. The van der Waals surface area contributed by atoms with E-state index >= 15 is 0 Å². The maximum absolute atomic E-state index is 12.6. The van der Waals surface area contributed by atoms with E-state index in [-0.39, 0.29) is 5.91 Å². The Kier molecular flexibility index (Phi) is 5.50. The Bertz CT molecular complexity index is 557. The molecule has 0 unspecified atom stereocenters. The second-order valence-corrected chi connectivity index (χ2v) is 7.17. The first kappa shape index (κ1) is 17.4. The lowest BCUT2D eigenvalue weighted by molar-refractivity contribution is -0.131. The first-order chi connectivity index (χ1) is 11.6. The van der Waals surface area contributed by atoms with Crippen LogP contribution in [0, 0.1) is 5.92 Å². The smallest absolute Gasteiger partial charge is 0.226 e. The molecule has 2 heterocycles. The minimum Gasteiger partial charge on any atom is -0.339 e. The third-order valence-corrected chi connectivity index (χ3v) is 5.24. The zero-order valence-electron chi connectivity index (χ0n) is 14.8. The van der Waals surface area contributed by atoms with Gasteiger partial charge in [0.15, 0.2) is 5.82 Å². The van der Waals surface area contributed by atoms with Gasteiger partial charge in [0.05, 0.1) is 6.54 Å². The van der Waals surface area contributed by atoms with Crippen LogP contribution in [0.2, 0.25) is 0 Å². The highest BCUT2D eigenvalue weighted by Gasteiger charge is 2.37. The average Bonchev–Trinajstić information content (AvgIpc) is 3.15. The molecule has 1 aliphatic carbocycles. The molecule has 2 atom stereocenters. The Morgan fingerprint density at radius 3 is 2.71 bits per heavy atom. The van der Waals surface area contributed by atoms with Crippen molar-refractivity contribution in [1.29, 1.82) is 0 Å². The fourth-order valence-electron chi connectivity index (χ4n) is 3.54. The lowest BCUT2D eigenvalue weighted by Gasteiger charge is -2.30. The van der Waals surface area contributed by atoms with Gasteiger partial charge >= 0.3 is 0 Å². The van der Waals surface area contributed by atoms with Crippen LogP contribution in [0.25, 0.3) is 0 Å². The van der Waals surface area contributed by atoms with E-state index in [0.717, 1.165) is 25.3 Å². The minimum absolute atomic E-state index is 0.140. The number of carbonyl (C=O) groups is 1. The van der Waals surface area contributed by atoms with E-state index in [2.05, 4.69) is 15.0 Å². The number of amides is 1. The molecule has 1 aromatic rings. The molecule has 0 bridgehead atoms. The Hall–Kier alpha value is -1.47. The number of hydrogen-bond donors (Lipinski definition) is 1. The van der Waals surface area contributed by atoms with Crippen LogP contribution in [-0.4, -0.2) is 58.1 Å². The van der Waals surface area contributed by atoms with Crippen molar-refractivity contribution in [2.45, 2.75) is 64.1 Å². The van der Waals surface area contributed by atoms with Crippen LogP contribution in [0.15, 0.2) is 4.52 Å². The van der Waals surface area contributed by atoms with E-state index in [1.165, 1.54) is 12.8 Å². The van der Waals surface area contributed by atoms with E-state index in [1.54, 1.807) is 4.90 Å². The fourth-order valence-corrected chi connectivity index (χ4v) is 3.54.